The Morgan fingerprint density at radius 2 is 1.71 bits per heavy atom. The second-order valence-electron chi connectivity index (χ2n) is 8.34. The fourth-order valence-electron chi connectivity index (χ4n) is 6.05. The minimum Gasteiger partial charge on any atom is -0.483 e. The Hall–Kier alpha value is -1.71. The Balaban J connectivity index is 1.33. The van der Waals surface area contributed by atoms with Gasteiger partial charge >= 0.3 is 0 Å². The molecule has 4 saturated carbocycles. The van der Waals surface area contributed by atoms with Gasteiger partial charge in [-0.3, -0.25) is 4.79 Å². The fraction of sp³-hybridized carbons (Fsp3) is 0.650. The molecule has 1 aromatic rings. The van der Waals surface area contributed by atoms with Crippen molar-refractivity contribution in [3.05, 3.63) is 18.2 Å². The second-order valence-corrected chi connectivity index (χ2v) is 8.34. The number of carbonyl (C=O) groups is 1. The Kier molecular flexibility index (Phi) is 3.13. The highest BCUT2D eigenvalue weighted by Crippen LogP contribution is 2.60. The zero-order chi connectivity index (χ0) is 16.3. The number of Topliss-reactive ketones (excluding diaryl/α,β-unsaturated/α-hetero) is 1. The van der Waals surface area contributed by atoms with Crippen LogP contribution < -0.4 is 14.2 Å². The number of hydrogen-bond donors (Lipinski definition) is 0. The molecule has 0 aromatic heterocycles. The third kappa shape index (κ3) is 2.22. The second kappa shape index (κ2) is 5.14. The maximum atomic E-state index is 13.3. The highest BCUT2D eigenvalue weighted by molar-refractivity contribution is 5.89. The molecule has 1 aliphatic heterocycles. The van der Waals surface area contributed by atoms with E-state index in [0.29, 0.717) is 17.3 Å². The topological polar surface area (TPSA) is 44.8 Å². The van der Waals surface area contributed by atoms with E-state index < -0.39 is 6.10 Å². The minimum atomic E-state index is -0.401. The molecule has 24 heavy (non-hydrogen) atoms. The van der Waals surface area contributed by atoms with Crippen LogP contribution in [-0.4, -0.2) is 18.7 Å². The van der Waals surface area contributed by atoms with E-state index in [0.717, 1.165) is 42.8 Å². The zero-order valence-corrected chi connectivity index (χ0v) is 14.1. The highest BCUT2D eigenvalue weighted by atomic mass is 16.7. The summed E-state index contributed by atoms with van der Waals surface area (Å²) >= 11 is 0. The number of benzene rings is 1. The molecule has 1 unspecified atom stereocenters. The molecule has 1 atom stereocenters. The SMILES string of the molecule is CC(Oc1ccc2c(c1)OCO2)C(=O)C12CC3CC(CC(C3)C1)C2. The van der Waals surface area contributed by atoms with Crippen LogP contribution in [0.3, 0.4) is 0 Å². The van der Waals surface area contributed by atoms with Gasteiger partial charge in [-0.25, -0.2) is 0 Å². The fourth-order valence-corrected chi connectivity index (χ4v) is 6.05. The van der Waals surface area contributed by atoms with Crippen LogP contribution in [-0.2, 0) is 4.79 Å². The highest BCUT2D eigenvalue weighted by Gasteiger charge is 2.55. The Bertz CT molecular complexity index is 645. The van der Waals surface area contributed by atoms with Crippen LogP contribution in [0.5, 0.6) is 17.2 Å². The number of hydrogen-bond acceptors (Lipinski definition) is 4. The molecule has 1 aromatic carbocycles. The molecule has 5 aliphatic rings. The van der Waals surface area contributed by atoms with Gasteiger partial charge < -0.3 is 14.2 Å². The van der Waals surface area contributed by atoms with E-state index in [1.54, 1.807) is 0 Å². The van der Waals surface area contributed by atoms with Crippen molar-refractivity contribution in [3.8, 4) is 17.2 Å². The molecule has 6 rings (SSSR count). The van der Waals surface area contributed by atoms with Crippen molar-refractivity contribution in [3.63, 3.8) is 0 Å². The number of ketones is 1. The summed E-state index contributed by atoms with van der Waals surface area (Å²) < 4.78 is 16.7. The summed E-state index contributed by atoms with van der Waals surface area (Å²) in [6.45, 7) is 2.16. The smallest absolute Gasteiger partial charge is 0.231 e. The van der Waals surface area contributed by atoms with E-state index >= 15 is 0 Å². The van der Waals surface area contributed by atoms with Gasteiger partial charge in [0.05, 0.1) is 0 Å². The predicted molar refractivity (Wildman–Crippen MR) is 88.3 cm³/mol. The summed E-state index contributed by atoms with van der Waals surface area (Å²) in [5, 5.41) is 0. The van der Waals surface area contributed by atoms with E-state index in [-0.39, 0.29) is 12.2 Å². The van der Waals surface area contributed by atoms with E-state index in [9.17, 15) is 4.79 Å². The van der Waals surface area contributed by atoms with Gasteiger partial charge in [-0.15, -0.1) is 0 Å². The van der Waals surface area contributed by atoms with Gasteiger partial charge in [0, 0.05) is 11.5 Å². The average molecular weight is 328 g/mol. The van der Waals surface area contributed by atoms with Crippen LogP contribution in [0.15, 0.2) is 18.2 Å². The lowest BCUT2D eigenvalue weighted by Gasteiger charge is -2.56. The summed E-state index contributed by atoms with van der Waals surface area (Å²) in [4.78, 5) is 13.3. The van der Waals surface area contributed by atoms with Crippen molar-refractivity contribution in [2.75, 3.05) is 6.79 Å². The first-order valence-electron chi connectivity index (χ1n) is 9.22. The third-order valence-electron chi connectivity index (χ3n) is 6.59. The van der Waals surface area contributed by atoms with Crippen molar-refractivity contribution >= 4 is 5.78 Å². The molecule has 4 nitrogen and oxygen atoms in total. The average Bonchev–Trinajstić information content (AvgIpc) is 3.00. The first-order chi connectivity index (χ1) is 11.6. The molecule has 0 saturated heterocycles. The van der Waals surface area contributed by atoms with Crippen LogP contribution in [0.25, 0.3) is 0 Å². The van der Waals surface area contributed by atoms with Gasteiger partial charge in [0.2, 0.25) is 6.79 Å². The maximum Gasteiger partial charge on any atom is 0.231 e. The normalized spacial score (nSPS) is 36.6. The standard InChI is InChI=1S/C20H24O4/c1-12(24-16-2-3-17-18(7-16)23-11-22-17)19(21)20-8-13-4-14(9-20)6-15(5-13)10-20/h2-3,7,12-15H,4-6,8-11H2,1H3. The van der Waals surface area contributed by atoms with E-state index in [1.807, 2.05) is 25.1 Å². The summed E-state index contributed by atoms with van der Waals surface area (Å²) in [5.41, 5.74) is -0.107. The molecular formula is C20H24O4. The Morgan fingerprint density at radius 3 is 2.38 bits per heavy atom. The van der Waals surface area contributed by atoms with Gasteiger partial charge in [-0.2, -0.15) is 0 Å². The van der Waals surface area contributed by atoms with Gasteiger partial charge in [0.1, 0.15) is 5.75 Å². The monoisotopic (exact) mass is 328 g/mol. The van der Waals surface area contributed by atoms with Crippen molar-refractivity contribution in [2.24, 2.45) is 23.2 Å². The molecule has 4 aliphatic carbocycles. The number of ether oxygens (including phenoxy) is 3. The first-order valence-corrected chi connectivity index (χ1v) is 9.22. The lowest BCUT2D eigenvalue weighted by atomic mass is 9.48. The van der Waals surface area contributed by atoms with E-state index in [1.165, 1.54) is 19.3 Å². The van der Waals surface area contributed by atoms with Gasteiger partial charge in [0.25, 0.3) is 0 Å². The van der Waals surface area contributed by atoms with Crippen molar-refractivity contribution < 1.29 is 19.0 Å². The largest absolute Gasteiger partial charge is 0.483 e. The predicted octanol–water partition coefficient (Wildman–Crippen LogP) is 3.97. The molecule has 4 heteroatoms. The number of carbonyl (C=O) groups excluding carboxylic acids is 1. The van der Waals surface area contributed by atoms with Crippen LogP contribution in [0.2, 0.25) is 0 Å². The van der Waals surface area contributed by atoms with Crippen molar-refractivity contribution in [2.45, 2.75) is 51.6 Å². The Morgan fingerprint density at radius 1 is 1.08 bits per heavy atom. The molecular weight excluding hydrogens is 304 g/mol. The lowest BCUT2D eigenvalue weighted by molar-refractivity contribution is -0.150. The van der Waals surface area contributed by atoms with Gasteiger partial charge in [0.15, 0.2) is 23.4 Å². The number of rotatable bonds is 4. The summed E-state index contributed by atoms with van der Waals surface area (Å²) in [6.07, 6.45) is 6.92. The zero-order valence-electron chi connectivity index (χ0n) is 14.1. The lowest BCUT2D eigenvalue weighted by Crippen LogP contribution is -2.53. The molecule has 0 amide bonds. The third-order valence-corrected chi connectivity index (χ3v) is 6.59. The molecule has 0 spiro atoms. The van der Waals surface area contributed by atoms with Crippen LogP contribution in [0.1, 0.15) is 45.4 Å². The molecule has 0 N–H and O–H groups in total. The summed E-state index contributed by atoms with van der Waals surface area (Å²) in [6, 6.07) is 5.53. The van der Waals surface area contributed by atoms with E-state index in [2.05, 4.69) is 0 Å². The molecule has 4 fully saturated rings. The maximum absolute atomic E-state index is 13.3. The van der Waals surface area contributed by atoms with Gasteiger partial charge in [-0.05, 0) is 75.3 Å². The van der Waals surface area contributed by atoms with Crippen LogP contribution in [0, 0.1) is 23.2 Å². The van der Waals surface area contributed by atoms with Crippen LogP contribution in [0.4, 0.5) is 0 Å². The van der Waals surface area contributed by atoms with Crippen molar-refractivity contribution in [1.29, 1.82) is 0 Å². The van der Waals surface area contributed by atoms with Crippen molar-refractivity contribution in [1.82, 2.24) is 0 Å². The molecule has 0 radical (unpaired) electrons. The quantitative estimate of drug-likeness (QED) is 0.839. The summed E-state index contributed by atoms with van der Waals surface area (Å²) in [7, 11) is 0. The van der Waals surface area contributed by atoms with Crippen LogP contribution >= 0.6 is 0 Å². The molecule has 4 bridgehead atoms. The number of fused-ring (bicyclic) bond motifs is 1. The summed E-state index contributed by atoms with van der Waals surface area (Å²) in [5.74, 6) is 4.77. The van der Waals surface area contributed by atoms with Gasteiger partial charge in [-0.1, -0.05) is 0 Å². The van der Waals surface area contributed by atoms with E-state index in [4.69, 9.17) is 14.2 Å². The first kappa shape index (κ1) is 14.6. The minimum absolute atomic E-state index is 0.107. The molecule has 128 valence electrons. The Labute approximate surface area is 142 Å². The molecule has 1 heterocycles.